The second kappa shape index (κ2) is 11.8. The molecule has 2 aromatic heterocycles. The molecule has 258 valence electrons. The molecule has 1 aliphatic carbocycles. The average molecular weight is 683 g/mol. The predicted octanol–water partition coefficient (Wildman–Crippen LogP) is 5.77. The van der Waals surface area contributed by atoms with Gasteiger partial charge in [-0.2, -0.15) is 9.97 Å². The zero-order chi connectivity index (χ0) is 34.2. The monoisotopic (exact) mass is 682 g/mol. The van der Waals surface area contributed by atoms with E-state index >= 15 is 4.39 Å². The molecule has 2 bridgehead atoms. The highest BCUT2D eigenvalue weighted by molar-refractivity contribution is 6.03. The van der Waals surface area contributed by atoms with Gasteiger partial charge in [-0.05, 0) is 80.6 Å². The number of nitrogens with zero attached hydrogens (tertiary/aromatic N) is 5. The molecule has 5 fully saturated rings. The third-order valence-electron chi connectivity index (χ3n) is 11.2. The van der Waals surface area contributed by atoms with Gasteiger partial charge in [0.1, 0.15) is 35.2 Å². The molecule has 9 rings (SSSR count). The summed E-state index contributed by atoms with van der Waals surface area (Å²) in [6, 6.07) is 5.69. The molecule has 2 N–H and O–H groups in total. The first kappa shape index (κ1) is 31.5. The molecule has 50 heavy (non-hydrogen) atoms. The van der Waals surface area contributed by atoms with Crippen LogP contribution in [0, 0.1) is 24.0 Å². The highest BCUT2D eigenvalue weighted by atomic mass is 19.1. The first-order chi connectivity index (χ1) is 24.3. The molecule has 0 spiro atoms. The maximum Gasteiger partial charge on any atom is 0.319 e. The van der Waals surface area contributed by atoms with E-state index < -0.39 is 11.6 Å². The van der Waals surface area contributed by atoms with Crippen LogP contribution in [-0.2, 0) is 4.74 Å². The highest BCUT2D eigenvalue weighted by Gasteiger charge is 2.48. The maximum atomic E-state index is 17.0. The fraction of sp³-hybridized carbons (Fsp3) is 0.447. The van der Waals surface area contributed by atoms with Crippen LogP contribution in [0.15, 0.2) is 42.4 Å². The molecule has 0 radical (unpaired) electrons. The zero-order valence-electron chi connectivity index (χ0n) is 27.5. The molecule has 2 aromatic carbocycles. The molecule has 5 aliphatic rings. The number of rotatable bonds is 8. The van der Waals surface area contributed by atoms with Crippen molar-refractivity contribution in [2.75, 3.05) is 44.3 Å². The standard InChI is InChI=1S/C38H37F3N6O3/c1-2-27-30(40)7-4-23-12-25(48)13-28(31(23)27)33-32(41)34-29(16-42-33)35(46-18-24-8-10-37(19-46,45-24)20-49-26-5-6-26)44-36(43-34)50-21-38-9-3-11-47(38)17-22(14-38)15-39/h1,4,7,12-13,15-16,24,26,45,48H,3,5-6,8-11,14,17-21H2/b22-15+/t24-,37+,38-/m0/s1. The molecule has 4 saturated heterocycles. The van der Waals surface area contributed by atoms with Crippen molar-refractivity contribution in [3.63, 3.8) is 0 Å². The Bertz CT molecular complexity index is 2120. The summed E-state index contributed by atoms with van der Waals surface area (Å²) in [6.07, 6.45) is 14.7. The van der Waals surface area contributed by atoms with Gasteiger partial charge in [0.25, 0.3) is 0 Å². The predicted molar refractivity (Wildman–Crippen MR) is 183 cm³/mol. The fourth-order valence-electron chi connectivity index (χ4n) is 8.74. The van der Waals surface area contributed by atoms with Crippen molar-refractivity contribution in [3.8, 4) is 35.4 Å². The number of ether oxygens (including phenoxy) is 2. The summed E-state index contributed by atoms with van der Waals surface area (Å²) in [5.41, 5.74) is 0.00540. The topological polar surface area (TPSA) is 95.9 Å². The Labute approximate surface area is 287 Å². The molecule has 0 unspecified atom stereocenters. The van der Waals surface area contributed by atoms with E-state index in [9.17, 15) is 13.9 Å². The quantitative estimate of drug-likeness (QED) is 0.225. The van der Waals surface area contributed by atoms with Crippen molar-refractivity contribution in [3.05, 3.63) is 59.6 Å². The van der Waals surface area contributed by atoms with Crippen molar-refractivity contribution >= 4 is 27.5 Å². The van der Waals surface area contributed by atoms with E-state index in [1.54, 1.807) is 0 Å². The van der Waals surface area contributed by atoms with Gasteiger partial charge in [-0.15, -0.1) is 6.42 Å². The van der Waals surface area contributed by atoms with Crippen molar-refractivity contribution < 1.29 is 27.8 Å². The van der Waals surface area contributed by atoms with E-state index in [0.29, 0.717) is 61.7 Å². The summed E-state index contributed by atoms with van der Waals surface area (Å²) in [6.45, 7) is 3.44. The summed E-state index contributed by atoms with van der Waals surface area (Å²) in [5.74, 6) is 1.32. The van der Waals surface area contributed by atoms with E-state index in [1.165, 1.54) is 30.5 Å². The van der Waals surface area contributed by atoms with Gasteiger partial charge in [0.05, 0.1) is 41.1 Å². The molecular weight excluding hydrogens is 645 g/mol. The number of hydrogen-bond acceptors (Lipinski definition) is 9. The number of pyridine rings is 1. The smallest absolute Gasteiger partial charge is 0.319 e. The number of nitrogens with one attached hydrogen (secondary N) is 1. The SMILES string of the molecule is C#Cc1c(F)ccc2cc(O)cc(-c3ncc4c(N5C[C@@H]6CC[C@](COC7CC7)(C5)N6)nc(OC[C@@]56CCCN5C/C(=C/F)C6)nc4c3F)c12. The molecular formula is C38H37F3N6O3. The van der Waals surface area contributed by atoms with E-state index in [2.05, 4.69) is 31.0 Å². The number of halogens is 3. The fourth-order valence-corrected chi connectivity index (χ4v) is 8.74. The summed E-state index contributed by atoms with van der Waals surface area (Å²) >= 11 is 0. The first-order valence-corrected chi connectivity index (χ1v) is 17.4. The highest BCUT2D eigenvalue weighted by Crippen LogP contribution is 2.43. The van der Waals surface area contributed by atoms with Gasteiger partial charge in [-0.1, -0.05) is 12.0 Å². The molecule has 0 amide bonds. The number of benzene rings is 2. The number of hydrogen-bond donors (Lipinski definition) is 2. The average Bonchev–Trinajstić information content (AvgIpc) is 3.67. The van der Waals surface area contributed by atoms with Crippen LogP contribution in [0.25, 0.3) is 32.9 Å². The number of phenolic OH excluding ortho intramolecular Hbond substituents is 1. The second-order valence-electron chi connectivity index (χ2n) is 14.7. The van der Waals surface area contributed by atoms with E-state index in [0.717, 1.165) is 50.6 Å². The van der Waals surface area contributed by atoms with Crippen LogP contribution in [0.2, 0.25) is 0 Å². The Balaban J connectivity index is 1.17. The van der Waals surface area contributed by atoms with Gasteiger partial charge in [-0.3, -0.25) is 9.88 Å². The third-order valence-corrected chi connectivity index (χ3v) is 11.2. The molecule has 4 aliphatic heterocycles. The van der Waals surface area contributed by atoms with Crippen LogP contribution in [0.3, 0.4) is 0 Å². The van der Waals surface area contributed by atoms with Crippen LogP contribution in [0.4, 0.5) is 19.0 Å². The largest absolute Gasteiger partial charge is 0.508 e. The number of fused-ring (bicyclic) bond motifs is 5. The Morgan fingerprint density at radius 2 is 2.02 bits per heavy atom. The lowest BCUT2D eigenvalue weighted by Crippen LogP contribution is -2.62. The molecule has 12 heteroatoms. The molecule has 6 heterocycles. The van der Waals surface area contributed by atoms with Gasteiger partial charge in [0.2, 0.25) is 0 Å². The second-order valence-corrected chi connectivity index (χ2v) is 14.7. The van der Waals surface area contributed by atoms with Gasteiger partial charge < -0.3 is 24.8 Å². The number of aromatic hydroxyl groups is 1. The van der Waals surface area contributed by atoms with E-state index in [1.807, 2.05) is 0 Å². The van der Waals surface area contributed by atoms with Crippen LogP contribution >= 0.6 is 0 Å². The van der Waals surface area contributed by atoms with Crippen LogP contribution in [0.1, 0.15) is 50.5 Å². The van der Waals surface area contributed by atoms with Gasteiger partial charge in [0.15, 0.2) is 5.82 Å². The number of phenols is 1. The van der Waals surface area contributed by atoms with Crippen LogP contribution in [0.5, 0.6) is 11.8 Å². The van der Waals surface area contributed by atoms with Crippen molar-refractivity contribution in [2.24, 2.45) is 0 Å². The zero-order valence-corrected chi connectivity index (χ0v) is 27.5. The van der Waals surface area contributed by atoms with Gasteiger partial charge in [-0.25, -0.2) is 13.2 Å². The minimum absolute atomic E-state index is 0.00717. The summed E-state index contributed by atoms with van der Waals surface area (Å²) in [5, 5.41) is 15.5. The van der Waals surface area contributed by atoms with Crippen molar-refractivity contribution in [2.45, 2.75) is 68.2 Å². The van der Waals surface area contributed by atoms with Gasteiger partial charge in [0, 0.05) is 42.8 Å². The Kier molecular flexibility index (Phi) is 7.46. The summed E-state index contributed by atoms with van der Waals surface area (Å²) in [4.78, 5) is 18.5. The Morgan fingerprint density at radius 3 is 2.84 bits per heavy atom. The lowest BCUT2D eigenvalue weighted by atomic mass is 9.94. The van der Waals surface area contributed by atoms with Crippen molar-refractivity contribution in [1.82, 2.24) is 25.2 Å². The minimum Gasteiger partial charge on any atom is -0.508 e. The number of aromatic nitrogens is 3. The Morgan fingerprint density at radius 1 is 1.14 bits per heavy atom. The van der Waals surface area contributed by atoms with Crippen LogP contribution < -0.4 is 15.0 Å². The minimum atomic E-state index is -0.774. The Hall–Kier alpha value is -4.44. The number of anilines is 1. The molecule has 9 nitrogen and oxygen atoms in total. The molecule has 4 aromatic rings. The lowest BCUT2D eigenvalue weighted by Gasteiger charge is -2.42. The number of terminal acetylenes is 1. The maximum absolute atomic E-state index is 17.0. The molecule has 1 saturated carbocycles. The summed E-state index contributed by atoms with van der Waals surface area (Å²) < 4.78 is 58.2. The van der Waals surface area contributed by atoms with E-state index in [-0.39, 0.29) is 63.2 Å². The summed E-state index contributed by atoms with van der Waals surface area (Å²) in [7, 11) is 0. The van der Waals surface area contributed by atoms with Crippen molar-refractivity contribution in [1.29, 1.82) is 0 Å². The van der Waals surface area contributed by atoms with E-state index in [4.69, 9.17) is 20.9 Å². The van der Waals surface area contributed by atoms with Crippen LogP contribution in [-0.4, -0.2) is 87.6 Å². The number of piperazine rings is 1. The molecule has 3 atom stereocenters. The lowest BCUT2D eigenvalue weighted by molar-refractivity contribution is 0.0606. The third kappa shape index (κ3) is 5.25. The van der Waals surface area contributed by atoms with Gasteiger partial charge >= 0.3 is 6.01 Å². The normalized spacial score (nSPS) is 27.0. The first-order valence-electron chi connectivity index (χ1n) is 17.4.